The van der Waals surface area contributed by atoms with Crippen LogP contribution in [0.15, 0.2) is 0 Å². The van der Waals surface area contributed by atoms with E-state index in [1.165, 1.54) is 0 Å². The van der Waals surface area contributed by atoms with E-state index in [0.29, 0.717) is 25.7 Å². The zero-order chi connectivity index (χ0) is 12.6. The minimum atomic E-state index is -4.48. The third-order valence-electron chi connectivity index (χ3n) is 1.86. The fourth-order valence-electron chi connectivity index (χ4n) is 1.03. The van der Waals surface area contributed by atoms with Crippen molar-refractivity contribution in [1.29, 1.82) is 0 Å². The Morgan fingerprint density at radius 3 is 2.25 bits per heavy atom. The van der Waals surface area contributed by atoms with Gasteiger partial charge in [0.25, 0.3) is 10.0 Å². The minimum Gasteiger partial charge on any atom is -0.481 e. The number of nitrogens with one attached hydrogen (secondary N) is 1. The topological polar surface area (TPSA) is 83.5 Å². The highest BCUT2D eigenvalue weighted by Gasteiger charge is 2.22. The maximum absolute atomic E-state index is 11.8. The molecule has 0 aromatic rings. The number of carboxylic acids is 1. The quantitative estimate of drug-likeness (QED) is 0.609. The number of rotatable bonds is 9. The molecule has 0 saturated heterocycles. The molecule has 0 bridgehead atoms. The minimum absolute atomic E-state index is 0.0419. The van der Waals surface area contributed by atoms with Crippen molar-refractivity contribution in [3.05, 3.63) is 0 Å². The monoisotopic (exact) mass is 259 g/mol. The molecule has 0 heterocycles. The highest BCUT2D eigenvalue weighted by molar-refractivity contribution is 7.89. The molecule has 0 aliphatic heterocycles. The van der Waals surface area contributed by atoms with E-state index in [1.54, 1.807) is 4.72 Å². The van der Waals surface area contributed by atoms with Gasteiger partial charge in [-0.3, -0.25) is 4.79 Å². The van der Waals surface area contributed by atoms with Crippen molar-refractivity contribution in [2.24, 2.45) is 0 Å². The third kappa shape index (κ3) is 7.52. The third-order valence-corrected chi connectivity index (χ3v) is 2.93. The van der Waals surface area contributed by atoms with Crippen LogP contribution < -0.4 is 4.72 Å². The van der Waals surface area contributed by atoms with E-state index in [-0.39, 0.29) is 13.0 Å². The van der Waals surface area contributed by atoms with Crippen molar-refractivity contribution >= 4 is 16.0 Å². The number of hydrogen-bond donors (Lipinski definition) is 2. The average Bonchev–Trinajstić information content (AvgIpc) is 2.15. The lowest BCUT2D eigenvalue weighted by Crippen LogP contribution is -2.30. The molecular weight excluding hydrogens is 244 g/mol. The smallest absolute Gasteiger partial charge is 0.350 e. The molecule has 2 N–H and O–H groups in total. The van der Waals surface area contributed by atoms with Crippen LogP contribution in [0.5, 0.6) is 0 Å². The maximum atomic E-state index is 11.8. The fraction of sp³-hybridized carbons (Fsp3) is 0.875. The zero-order valence-electron chi connectivity index (χ0n) is 8.66. The summed E-state index contributed by atoms with van der Waals surface area (Å²) in [6.45, 7) is -0.0419. The van der Waals surface area contributed by atoms with Crippen LogP contribution in [-0.2, 0) is 14.8 Å². The number of alkyl halides is 2. The lowest BCUT2D eigenvalue weighted by molar-refractivity contribution is -0.137. The summed E-state index contributed by atoms with van der Waals surface area (Å²) < 4.78 is 46.5. The SMILES string of the molecule is O=C(O)CCCCCCNS(=O)(=O)C(F)F. The van der Waals surface area contributed by atoms with Crippen LogP contribution >= 0.6 is 0 Å². The van der Waals surface area contributed by atoms with Crippen LogP contribution in [0, 0.1) is 0 Å². The molecule has 0 amide bonds. The first-order chi connectivity index (χ1) is 7.36. The Morgan fingerprint density at radius 2 is 1.75 bits per heavy atom. The predicted molar refractivity (Wildman–Crippen MR) is 53.6 cm³/mol. The largest absolute Gasteiger partial charge is 0.481 e. The summed E-state index contributed by atoms with van der Waals surface area (Å²) in [6, 6.07) is 0. The van der Waals surface area contributed by atoms with Crippen molar-refractivity contribution in [1.82, 2.24) is 4.72 Å². The fourth-order valence-corrected chi connectivity index (χ4v) is 1.59. The Morgan fingerprint density at radius 1 is 1.19 bits per heavy atom. The van der Waals surface area contributed by atoms with E-state index in [1.807, 2.05) is 0 Å². The van der Waals surface area contributed by atoms with Gasteiger partial charge >= 0.3 is 11.7 Å². The lowest BCUT2D eigenvalue weighted by atomic mass is 10.1. The summed E-state index contributed by atoms with van der Waals surface area (Å²) in [5.74, 6) is -4.28. The Kier molecular flexibility index (Phi) is 7.15. The Bertz CT molecular complexity index is 305. The van der Waals surface area contributed by atoms with Gasteiger partial charge in [0.1, 0.15) is 0 Å². The van der Waals surface area contributed by atoms with Crippen LogP contribution in [0.4, 0.5) is 8.78 Å². The summed E-state index contributed by atoms with van der Waals surface area (Å²) >= 11 is 0. The highest BCUT2D eigenvalue weighted by atomic mass is 32.2. The van der Waals surface area contributed by atoms with Crippen molar-refractivity contribution in [3.8, 4) is 0 Å². The molecule has 8 heteroatoms. The van der Waals surface area contributed by atoms with Crippen molar-refractivity contribution < 1.29 is 27.1 Å². The number of carboxylic acid groups (broad SMARTS) is 1. The van der Waals surface area contributed by atoms with Crippen LogP contribution in [0.3, 0.4) is 0 Å². The first-order valence-corrected chi connectivity index (χ1v) is 6.39. The number of halogens is 2. The van der Waals surface area contributed by atoms with Gasteiger partial charge in [0.05, 0.1) is 0 Å². The summed E-state index contributed by atoms with van der Waals surface area (Å²) in [7, 11) is -4.48. The summed E-state index contributed by atoms with van der Waals surface area (Å²) in [4.78, 5) is 10.1. The molecule has 0 aliphatic rings. The van der Waals surface area contributed by atoms with Gasteiger partial charge in [0.2, 0.25) is 0 Å². The second kappa shape index (κ2) is 7.50. The van der Waals surface area contributed by atoms with Crippen LogP contribution in [0.1, 0.15) is 32.1 Å². The van der Waals surface area contributed by atoms with Crippen molar-refractivity contribution in [3.63, 3.8) is 0 Å². The van der Waals surface area contributed by atoms with Crippen LogP contribution in [0.2, 0.25) is 0 Å². The van der Waals surface area contributed by atoms with Gasteiger partial charge < -0.3 is 5.11 Å². The molecule has 0 radical (unpaired) electrons. The zero-order valence-corrected chi connectivity index (χ0v) is 9.47. The van der Waals surface area contributed by atoms with Gasteiger partial charge in [-0.05, 0) is 12.8 Å². The van der Waals surface area contributed by atoms with Crippen molar-refractivity contribution in [2.45, 2.75) is 37.9 Å². The molecule has 0 aromatic heterocycles. The van der Waals surface area contributed by atoms with E-state index in [4.69, 9.17) is 5.11 Å². The van der Waals surface area contributed by atoms with Gasteiger partial charge in [-0.25, -0.2) is 13.1 Å². The Labute approximate surface area is 92.9 Å². The summed E-state index contributed by atoms with van der Waals surface area (Å²) in [5, 5.41) is 8.31. The van der Waals surface area contributed by atoms with E-state index < -0.39 is 21.8 Å². The maximum Gasteiger partial charge on any atom is 0.350 e. The summed E-state index contributed by atoms with van der Waals surface area (Å²) in [5.41, 5.74) is 0. The van der Waals surface area contributed by atoms with Crippen molar-refractivity contribution in [2.75, 3.05) is 6.54 Å². The molecule has 0 unspecified atom stereocenters. The molecule has 0 rings (SSSR count). The molecule has 0 aromatic carbocycles. The molecule has 0 aliphatic carbocycles. The predicted octanol–water partition coefficient (Wildman–Crippen LogP) is 1.16. The summed E-state index contributed by atoms with van der Waals surface area (Å²) in [6.07, 6.45) is 2.26. The average molecular weight is 259 g/mol. The first-order valence-electron chi connectivity index (χ1n) is 4.84. The second-order valence-electron chi connectivity index (χ2n) is 3.26. The van der Waals surface area contributed by atoms with Gasteiger partial charge in [-0.1, -0.05) is 12.8 Å². The Balaban J connectivity index is 3.44. The number of sulfonamides is 1. The standard InChI is InChI=1S/C8H15F2NO4S/c9-8(10)16(14,15)11-6-4-2-1-3-5-7(12)13/h8,11H,1-6H2,(H,12,13). The molecule has 5 nitrogen and oxygen atoms in total. The highest BCUT2D eigenvalue weighted by Crippen LogP contribution is 2.04. The number of aliphatic carboxylic acids is 1. The second-order valence-corrected chi connectivity index (χ2v) is 4.99. The van der Waals surface area contributed by atoms with Gasteiger partial charge in [0, 0.05) is 13.0 Å². The van der Waals surface area contributed by atoms with E-state index >= 15 is 0 Å². The molecule has 0 spiro atoms. The van der Waals surface area contributed by atoms with Gasteiger partial charge in [-0.2, -0.15) is 8.78 Å². The Hall–Kier alpha value is -0.760. The molecule has 0 saturated carbocycles. The van der Waals surface area contributed by atoms with Crippen LogP contribution in [-0.4, -0.2) is 31.8 Å². The molecule has 0 atom stereocenters. The van der Waals surface area contributed by atoms with E-state index in [2.05, 4.69) is 0 Å². The van der Waals surface area contributed by atoms with E-state index in [0.717, 1.165) is 0 Å². The number of carbonyl (C=O) groups is 1. The molecule has 96 valence electrons. The number of hydrogen-bond acceptors (Lipinski definition) is 3. The van der Waals surface area contributed by atoms with Gasteiger partial charge in [-0.15, -0.1) is 0 Å². The molecular formula is C8H15F2NO4S. The first kappa shape index (κ1) is 15.2. The molecule has 0 fully saturated rings. The van der Waals surface area contributed by atoms with Crippen LogP contribution in [0.25, 0.3) is 0 Å². The molecule has 16 heavy (non-hydrogen) atoms. The van der Waals surface area contributed by atoms with E-state index in [9.17, 15) is 22.0 Å². The van der Waals surface area contributed by atoms with Gasteiger partial charge in [0.15, 0.2) is 0 Å². The lowest BCUT2D eigenvalue weighted by Gasteiger charge is -2.04. The number of unbranched alkanes of at least 4 members (excludes halogenated alkanes) is 3. The normalized spacial score (nSPS) is 11.9.